The number of benzene rings is 4. The fraction of sp³-hybridized carbons (Fsp3) is 0.482. The van der Waals surface area contributed by atoms with Crippen LogP contribution in [-0.2, 0) is 22.5 Å². The Morgan fingerprint density at radius 3 is 1.41 bits per heavy atom. The fourth-order valence-corrected chi connectivity index (χ4v) is 8.68. The van der Waals surface area contributed by atoms with E-state index in [1.807, 2.05) is 78.8 Å². The number of nitrogens with zero attached hydrogens (tertiary/aromatic N) is 1. The van der Waals surface area contributed by atoms with Gasteiger partial charge in [0.05, 0.1) is 11.4 Å². The summed E-state index contributed by atoms with van der Waals surface area (Å²) in [4.78, 5) is 61.8. The Kier molecular flexibility index (Phi) is 35.7. The van der Waals surface area contributed by atoms with Crippen LogP contribution in [0.2, 0.25) is 0 Å². The van der Waals surface area contributed by atoms with E-state index in [9.17, 15) is 19.2 Å². The standard InChI is InChI=1S/C27H36N2O4.C18H28N2O3.C9H9ClO.CH2Cl2.CH2O3.2K.H/c1-8-20-21(10-11-22-24(20)33-13-12-32-22)25(30)28-29(23(9-2)27(5,6)7)26(31)19-15-17(3)14-18(4)16-19;1-6-12-13(8-9-14-16(12)23-11-10-22-14)17(21)20-19-15(7-2)18(3,4)5;1-6-3-7(2)5-8(4-6)9(10)11;2-1-3;2-1-4-3;;;/h10-11,14-16,23H,8-9,12-13H2,1-7H3,(H,28,30);8-9,15,19H,6-7,10-11H2,1-5H3,(H,20,21);3-5H,1-2H3;1H2;1,3H;;;/q;;;;;2*+1;-1/p-1. The van der Waals surface area contributed by atoms with Crippen LogP contribution < -0.4 is 143 Å². The first-order valence-corrected chi connectivity index (χ1v) is 26.1. The van der Waals surface area contributed by atoms with Gasteiger partial charge in [-0.3, -0.25) is 34.8 Å². The number of fused-ring (bicyclic) bond motifs is 2. The quantitative estimate of drug-likeness (QED) is 0.0431. The van der Waals surface area contributed by atoms with Gasteiger partial charge in [0, 0.05) is 39.4 Å². The monoisotopic (exact) mass is 1160 g/mol. The van der Waals surface area contributed by atoms with E-state index in [0.717, 1.165) is 45.6 Å². The SMILES string of the molecule is CCc1c(C(=O)NN(C(=O)c2cc(C)cc(C)c2)C(CC)C(C)(C)C)ccc2c1OCCO2.CCc1c(C(=O)NNC(CC)C(C)(C)C)ccc2c1OCCO2.Cc1cc(C)cc(C(=O)Cl)c1.ClCCl.O=CO[O-].[H-].[K+].[K+]. The van der Waals surface area contributed by atoms with Crippen molar-refractivity contribution in [2.45, 2.75) is 135 Å². The number of nitrogens with one attached hydrogen (secondary N) is 3. The molecule has 2 aliphatic heterocycles. The van der Waals surface area contributed by atoms with Crippen molar-refractivity contribution in [3.05, 3.63) is 116 Å². The van der Waals surface area contributed by atoms with Gasteiger partial charge in [-0.1, -0.05) is 104 Å². The van der Waals surface area contributed by atoms with Gasteiger partial charge < -0.3 is 30.5 Å². The summed E-state index contributed by atoms with van der Waals surface area (Å²) >= 11 is 14.8. The summed E-state index contributed by atoms with van der Waals surface area (Å²) in [5.74, 6) is 2.01. The molecule has 0 fully saturated rings. The van der Waals surface area contributed by atoms with E-state index >= 15 is 0 Å². The zero-order valence-corrected chi connectivity index (χ0v) is 56.0. The van der Waals surface area contributed by atoms with Gasteiger partial charge in [-0.25, -0.2) is 10.4 Å². The second-order valence-corrected chi connectivity index (χ2v) is 20.7. The summed E-state index contributed by atoms with van der Waals surface area (Å²) < 4.78 is 22.8. The number of rotatable bonds is 12. The van der Waals surface area contributed by atoms with Gasteiger partial charge in [-0.05, 0) is 124 Å². The third-order valence-corrected chi connectivity index (χ3v) is 11.9. The third kappa shape index (κ3) is 23.4. The second-order valence-electron chi connectivity index (χ2n) is 19.6. The van der Waals surface area contributed by atoms with Crippen molar-refractivity contribution in [3.8, 4) is 23.0 Å². The van der Waals surface area contributed by atoms with E-state index in [-0.39, 0.29) is 157 Å². The predicted octanol–water partition coefficient (Wildman–Crippen LogP) is 4.99. The molecule has 3 amide bonds. The van der Waals surface area contributed by atoms with Crippen LogP contribution in [0.15, 0.2) is 60.7 Å². The number of hydrazine groups is 2. The average Bonchev–Trinajstić information content (AvgIpc) is 3.34. The Bertz CT molecular complexity index is 2470. The summed E-state index contributed by atoms with van der Waals surface area (Å²) in [5, 5.41) is 9.75. The molecule has 0 saturated carbocycles. The van der Waals surface area contributed by atoms with Gasteiger partial charge in [0.15, 0.2) is 23.0 Å². The Hall–Kier alpha value is -2.31. The first-order valence-electron chi connectivity index (χ1n) is 24.6. The molecule has 0 saturated heterocycles. The number of amides is 3. The topological polar surface area (TPSA) is 194 Å². The average molecular weight is 1170 g/mol. The molecule has 0 bridgehead atoms. The van der Waals surface area contributed by atoms with Crippen molar-refractivity contribution >= 4 is 64.2 Å². The molecule has 3 N–H and O–H groups in total. The number of carbonyl (C=O) groups is 5. The minimum atomic E-state index is -0.392. The molecule has 4 aromatic rings. The van der Waals surface area contributed by atoms with Crippen molar-refractivity contribution in [2.24, 2.45) is 10.8 Å². The molecule has 76 heavy (non-hydrogen) atoms. The van der Waals surface area contributed by atoms with Gasteiger partial charge in [-0.2, -0.15) is 0 Å². The molecule has 4 aromatic carbocycles. The van der Waals surface area contributed by atoms with E-state index < -0.39 is 5.24 Å². The molecule has 410 valence electrons. The molecule has 20 heteroatoms. The second kappa shape index (κ2) is 36.9. The van der Waals surface area contributed by atoms with Gasteiger partial charge in [0.1, 0.15) is 26.4 Å². The van der Waals surface area contributed by atoms with E-state index in [0.29, 0.717) is 85.2 Å². The molecule has 2 aliphatic rings. The zero-order valence-electron chi connectivity index (χ0n) is 48.4. The molecule has 0 radical (unpaired) electrons. The molecule has 2 atom stereocenters. The van der Waals surface area contributed by atoms with E-state index in [1.165, 1.54) is 5.01 Å². The number of hydrogen-bond donors (Lipinski definition) is 3. The molecule has 6 rings (SSSR count). The summed E-state index contributed by atoms with van der Waals surface area (Å²) in [7, 11) is 0. The summed E-state index contributed by atoms with van der Waals surface area (Å²) in [6.45, 7) is 30.5. The van der Waals surface area contributed by atoms with Crippen LogP contribution in [-0.4, -0.2) is 78.3 Å². The maximum atomic E-state index is 13.7. The Morgan fingerprint density at radius 2 is 1.07 bits per heavy atom. The van der Waals surface area contributed by atoms with Crippen molar-refractivity contribution in [1.82, 2.24) is 21.3 Å². The summed E-state index contributed by atoms with van der Waals surface area (Å²) in [6, 6.07) is 18.5. The van der Waals surface area contributed by atoms with Gasteiger partial charge in [0.2, 0.25) is 0 Å². The van der Waals surface area contributed by atoms with Crippen LogP contribution in [0.25, 0.3) is 0 Å². The summed E-state index contributed by atoms with van der Waals surface area (Å²) in [5.41, 5.74) is 16.9. The number of hydrogen-bond acceptors (Lipinski definition) is 12. The van der Waals surface area contributed by atoms with Crippen molar-refractivity contribution in [3.63, 3.8) is 0 Å². The zero-order chi connectivity index (χ0) is 55.9. The maximum Gasteiger partial charge on any atom is 1.00 e. The number of aryl methyl sites for hydroxylation is 4. The minimum absolute atomic E-state index is 0. The largest absolute Gasteiger partial charge is 1.00 e. The molecule has 0 spiro atoms. The Morgan fingerprint density at radius 1 is 0.671 bits per heavy atom. The third-order valence-electron chi connectivity index (χ3n) is 11.7. The minimum Gasteiger partial charge on any atom is -1.00 e. The first-order chi connectivity index (χ1) is 34.9. The molecule has 15 nitrogen and oxygen atoms in total. The van der Waals surface area contributed by atoms with Crippen LogP contribution in [0.3, 0.4) is 0 Å². The van der Waals surface area contributed by atoms with Crippen LogP contribution in [0.1, 0.15) is 158 Å². The number of alkyl halides is 2. The van der Waals surface area contributed by atoms with Crippen LogP contribution in [0, 0.1) is 38.5 Å². The maximum absolute atomic E-state index is 13.7. The van der Waals surface area contributed by atoms with Crippen LogP contribution in [0.4, 0.5) is 0 Å². The van der Waals surface area contributed by atoms with Crippen LogP contribution >= 0.6 is 34.8 Å². The van der Waals surface area contributed by atoms with Gasteiger partial charge in [0.25, 0.3) is 29.4 Å². The fourth-order valence-electron chi connectivity index (χ4n) is 8.57. The van der Waals surface area contributed by atoms with Crippen molar-refractivity contribution < 1.29 is 157 Å². The molecular formula is C56H77Cl3K2N4O11. The van der Waals surface area contributed by atoms with Crippen LogP contribution in [0.5, 0.6) is 23.0 Å². The van der Waals surface area contributed by atoms with Gasteiger partial charge in [-0.15, -0.1) is 23.2 Å². The molecule has 2 heterocycles. The van der Waals surface area contributed by atoms with E-state index in [2.05, 4.69) is 69.6 Å². The first kappa shape index (κ1) is 73.7. The number of halogens is 3. The molecule has 0 aromatic heterocycles. The normalized spacial score (nSPS) is 12.6. The Labute approximate surface area is 552 Å². The predicted molar refractivity (Wildman–Crippen MR) is 292 cm³/mol. The van der Waals surface area contributed by atoms with Crippen molar-refractivity contribution in [1.29, 1.82) is 0 Å². The summed E-state index contributed by atoms with van der Waals surface area (Å²) in [6.07, 6.45) is 2.95. The van der Waals surface area contributed by atoms with Gasteiger partial charge >= 0.3 is 103 Å². The molecule has 2 unspecified atom stereocenters. The smallest absolute Gasteiger partial charge is 1.00 e. The number of ether oxygens (including phenoxy) is 4. The van der Waals surface area contributed by atoms with E-state index in [4.69, 9.17) is 63.8 Å². The van der Waals surface area contributed by atoms with E-state index in [1.54, 1.807) is 30.3 Å². The Balaban J connectivity index is 0. The van der Waals surface area contributed by atoms with Crippen molar-refractivity contribution in [2.75, 3.05) is 31.8 Å². The molecule has 0 aliphatic carbocycles. The number of carbonyl (C=O) groups excluding carboxylic acids is 5. The molecular weight excluding hydrogens is 1090 g/mol.